The lowest BCUT2D eigenvalue weighted by Crippen LogP contribution is -2.23. The molecule has 0 fully saturated rings. The highest BCUT2D eigenvalue weighted by molar-refractivity contribution is 7.94. The highest BCUT2D eigenvalue weighted by Crippen LogP contribution is 2.16. The highest BCUT2D eigenvalue weighted by atomic mass is 32.2. The predicted octanol–water partition coefficient (Wildman–Crippen LogP) is 2.17. The van der Waals surface area contributed by atoms with Crippen LogP contribution in [0.25, 0.3) is 0 Å². The van der Waals surface area contributed by atoms with Crippen molar-refractivity contribution in [2.24, 2.45) is 0 Å². The van der Waals surface area contributed by atoms with Gasteiger partial charge in [0.2, 0.25) is 20.1 Å². The van der Waals surface area contributed by atoms with Crippen LogP contribution in [-0.2, 0) is 14.6 Å². The second-order valence-corrected chi connectivity index (χ2v) is 7.54. The van der Waals surface area contributed by atoms with Gasteiger partial charge in [0.25, 0.3) is 0 Å². The molecule has 106 valence electrons. The number of sulfone groups is 1. The zero-order chi connectivity index (χ0) is 14.8. The molecule has 1 heterocycles. The van der Waals surface area contributed by atoms with E-state index in [0.29, 0.717) is 5.69 Å². The van der Waals surface area contributed by atoms with Gasteiger partial charge >= 0.3 is 0 Å². The fourth-order valence-corrected chi connectivity index (χ4v) is 3.89. The van der Waals surface area contributed by atoms with Crippen LogP contribution in [0.1, 0.15) is 11.1 Å². The van der Waals surface area contributed by atoms with E-state index in [0.717, 1.165) is 22.5 Å². The standard InChI is InChI=1S/C13H14N2O3S2/c1-9-5-10(2)7-11(6-9)15-12(16)8-20(17,18)13-14-3-4-19-13/h3-7H,8H2,1-2H3,(H,15,16). The van der Waals surface area contributed by atoms with Crippen molar-refractivity contribution in [1.29, 1.82) is 0 Å². The number of hydrogen-bond acceptors (Lipinski definition) is 5. The number of carbonyl (C=O) groups excluding carboxylic acids is 1. The van der Waals surface area contributed by atoms with Gasteiger partial charge < -0.3 is 5.32 Å². The van der Waals surface area contributed by atoms with Crippen molar-refractivity contribution in [2.75, 3.05) is 11.1 Å². The van der Waals surface area contributed by atoms with Gasteiger partial charge in [0.05, 0.1) is 0 Å². The summed E-state index contributed by atoms with van der Waals surface area (Å²) in [6.45, 7) is 3.82. The van der Waals surface area contributed by atoms with Crippen LogP contribution in [-0.4, -0.2) is 25.1 Å². The largest absolute Gasteiger partial charge is 0.325 e. The van der Waals surface area contributed by atoms with Crippen LogP contribution in [0.4, 0.5) is 5.69 Å². The van der Waals surface area contributed by atoms with Crippen molar-refractivity contribution < 1.29 is 13.2 Å². The summed E-state index contributed by atoms with van der Waals surface area (Å²) in [5.41, 5.74) is 2.60. The Morgan fingerprint density at radius 2 is 1.90 bits per heavy atom. The molecule has 0 aliphatic heterocycles. The number of benzene rings is 1. The topological polar surface area (TPSA) is 76.1 Å². The van der Waals surface area contributed by atoms with E-state index in [1.165, 1.54) is 6.20 Å². The molecule has 2 rings (SSSR count). The van der Waals surface area contributed by atoms with Gasteiger partial charge in [0.1, 0.15) is 5.75 Å². The van der Waals surface area contributed by atoms with Crippen molar-refractivity contribution in [3.8, 4) is 0 Å². The number of thiazole rings is 1. The lowest BCUT2D eigenvalue weighted by atomic mass is 10.1. The zero-order valence-corrected chi connectivity index (χ0v) is 12.7. The molecule has 20 heavy (non-hydrogen) atoms. The summed E-state index contributed by atoms with van der Waals surface area (Å²) < 4.78 is 23.8. The van der Waals surface area contributed by atoms with Crippen molar-refractivity contribution in [1.82, 2.24) is 4.98 Å². The minimum Gasteiger partial charge on any atom is -0.325 e. The summed E-state index contributed by atoms with van der Waals surface area (Å²) in [6.07, 6.45) is 1.40. The summed E-state index contributed by atoms with van der Waals surface area (Å²) >= 11 is 1.00. The van der Waals surface area contributed by atoms with Gasteiger partial charge in [-0.1, -0.05) is 6.07 Å². The van der Waals surface area contributed by atoms with Crippen molar-refractivity contribution in [2.45, 2.75) is 18.2 Å². The molecule has 0 aliphatic rings. The molecule has 0 atom stereocenters. The number of carbonyl (C=O) groups is 1. The third kappa shape index (κ3) is 3.64. The highest BCUT2D eigenvalue weighted by Gasteiger charge is 2.21. The average molecular weight is 310 g/mol. The van der Waals surface area contributed by atoms with Gasteiger partial charge in [-0.25, -0.2) is 13.4 Å². The van der Waals surface area contributed by atoms with E-state index in [2.05, 4.69) is 10.3 Å². The third-order valence-electron chi connectivity index (χ3n) is 2.50. The molecule has 1 amide bonds. The maximum atomic E-state index is 11.9. The van der Waals surface area contributed by atoms with Gasteiger partial charge in [0.15, 0.2) is 0 Å². The van der Waals surface area contributed by atoms with Crippen molar-refractivity contribution in [3.63, 3.8) is 0 Å². The van der Waals surface area contributed by atoms with E-state index in [9.17, 15) is 13.2 Å². The molecular weight excluding hydrogens is 296 g/mol. The fraction of sp³-hybridized carbons (Fsp3) is 0.231. The molecule has 5 nitrogen and oxygen atoms in total. The van der Waals surface area contributed by atoms with Gasteiger partial charge in [0, 0.05) is 17.3 Å². The summed E-state index contributed by atoms with van der Waals surface area (Å²) in [4.78, 5) is 15.6. The number of hydrogen-bond donors (Lipinski definition) is 1. The first-order chi connectivity index (χ1) is 9.37. The molecule has 0 radical (unpaired) electrons. The Labute approximate surface area is 121 Å². The maximum Gasteiger partial charge on any atom is 0.240 e. The second kappa shape index (κ2) is 5.72. The fourth-order valence-electron chi connectivity index (χ4n) is 1.84. The first-order valence-electron chi connectivity index (χ1n) is 5.87. The summed E-state index contributed by atoms with van der Waals surface area (Å²) in [5, 5.41) is 4.16. The first-order valence-corrected chi connectivity index (χ1v) is 8.40. The van der Waals surface area contributed by atoms with E-state index >= 15 is 0 Å². The number of nitrogens with one attached hydrogen (secondary N) is 1. The Morgan fingerprint density at radius 1 is 1.25 bits per heavy atom. The summed E-state index contributed by atoms with van der Waals surface area (Å²) in [5.74, 6) is -1.17. The maximum absolute atomic E-state index is 11.9. The SMILES string of the molecule is Cc1cc(C)cc(NC(=O)CS(=O)(=O)c2nccs2)c1. The normalized spacial score (nSPS) is 11.3. The Bertz CT molecular complexity index is 702. The Hall–Kier alpha value is -1.73. The molecule has 1 aromatic carbocycles. The van der Waals surface area contributed by atoms with Crippen molar-refractivity contribution >= 4 is 32.8 Å². The van der Waals surface area contributed by atoms with Crippen LogP contribution in [0.2, 0.25) is 0 Å². The molecule has 7 heteroatoms. The number of nitrogens with zero attached hydrogens (tertiary/aromatic N) is 1. The molecule has 0 unspecified atom stereocenters. The van der Waals surface area contributed by atoms with Gasteiger partial charge in [-0.05, 0) is 37.1 Å². The quantitative estimate of drug-likeness (QED) is 0.939. The molecule has 0 spiro atoms. The molecular formula is C13H14N2O3S2. The molecule has 1 N–H and O–H groups in total. The van der Waals surface area contributed by atoms with E-state index in [4.69, 9.17) is 0 Å². The average Bonchev–Trinajstić information content (AvgIpc) is 2.79. The first kappa shape index (κ1) is 14.7. The van der Waals surface area contributed by atoms with Crippen molar-refractivity contribution in [3.05, 3.63) is 40.9 Å². The molecule has 0 aliphatic carbocycles. The van der Waals surface area contributed by atoms with E-state index in [-0.39, 0.29) is 4.34 Å². The number of amides is 1. The molecule has 1 aromatic heterocycles. The van der Waals surface area contributed by atoms with Gasteiger partial charge in [-0.2, -0.15) is 0 Å². The Kier molecular flexibility index (Phi) is 4.20. The molecule has 2 aromatic rings. The number of aromatic nitrogens is 1. The van der Waals surface area contributed by atoms with Crippen LogP contribution < -0.4 is 5.32 Å². The van der Waals surface area contributed by atoms with Gasteiger partial charge in [-0.15, -0.1) is 11.3 Å². The van der Waals surface area contributed by atoms with E-state index < -0.39 is 21.5 Å². The van der Waals surface area contributed by atoms with Crippen LogP contribution >= 0.6 is 11.3 Å². The second-order valence-electron chi connectivity index (χ2n) is 4.48. The zero-order valence-electron chi connectivity index (χ0n) is 11.1. The minimum absolute atomic E-state index is 0.0342. The van der Waals surface area contributed by atoms with Gasteiger partial charge in [-0.3, -0.25) is 4.79 Å². The predicted molar refractivity (Wildman–Crippen MR) is 78.7 cm³/mol. The molecule has 0 saturated heterocycles. The monoisotopic (exact) mass is 310 g/mol. The van der Waals surface area contributed by atoms with Crippen LogP contribution in [0.15, 0.2) is 34.1 Å². The number of aryl methyl sites for hydroxylation is 2. The minimum atomic E-state index is -3.66. The molecule has 0 saturated carbocycles. The molecule has 0 bridgehead atoms. The number of rotatable bonds is 4. The number of anilines is 1. The lowest BCUT2D eigenvalue weighted by molar-refractivity contribution is -0.113. The smallest absolute Gasteiger partial charge is 0.240 e. The summed E-state index contributed by atoms with van der Waals surface area (Å²) in [7, 11) is -3.66. The van der Waals surface area contributed by atoms with E-state index in [1.54, 1.807) is 17.5 Å². The van der Waals surface area contributed by atoms with Crippen LogP contribution in [0.5, 0.6) is 0 Å². The lowest BCUT2D eigenvalue weighted by Gasteiger charge is -2.07. The third-order valence-corrected chi connectivity index (χ3v) is 5.40. The summed E-state index contributed by atoms with van der Waals surface area (Å²) in [6, 6.07) is 5.56. The Morgan fingerprint density at radius 3 is 2.45 bits per heavy atom. The van der Waals surface area contributed by atoms with E-state index in [1.807, 2.05) is 19.9 Å². The van der Waals surface area contributed by atoms with Crippen LogP contribution in [0, 0.1) is 13.8 Å². The Balaban J connectivity index is 2.10. The van der Waals surface area contributed by atoms with Crippen LogP contribution in [0.3, 0.4) is 0 Å².